The smallest absolute Gasteiger partial charge is 0.232 e. The molecule has 1 rings (SSSR count). The first-order valence-electron chi connectivity index (χ1n) is 6.30. The van der Waals surface area contributed by atoms with Crippen LogP contribution in [0.4, 0.5) is 0 Å². The van der Waals surface area contributed by atoms with Crippen molar-refractivity contribution in [3.63, 3.8) is 0 Å². The molecule has 19 heavy (non-hydrogen) atoms. The van der Waals surface area contributed by atoms with Crippen molar-refractivity contribution in [2.24, 2.45) is 0 Å². The Hall–Kier alpha value is -0.310. The van der Waals surface area contributed by atoms with E-state index in [0.29, 0.717) is 38.4 Å². The molecule has 1 fully saturated rings. The third-order valence-electron chi connectivity index (χ3n) is 3.09. The minimum Gasteiger partial charge on any atom is -0.396 e. The summed E-state index contributed by atoms with van der Waals surface area (Å²) in [4.78, 5) is 13.6. The maximum atomic E-state index is 11.9. The van der Waals surface area contributed by atoms with Crippen LogP contribution in [0.3, 0.4) is 0 Å². The summed E-state index contributed by atoms with van der Waals surface area (Å²) in [6.45, 7) is 3.79. The fourth-order valence-electron chi connectivity index (χ4n) is 1.84. The van der Waals surface area contributed by atoms with E-state index in [1.54, 1.807) is 4.90 Å². The van der Waals surface area contributed by atoms with Crippen molar-refractivity contribution in [3.8, 4) is 0 Å². The van der Waals surface area contributed by atoms with Gasteiger partial charge in [-0.05, 0) is 6.42 Å². The summed E-state index contributed by atoms with van der Waals surface area (Å²) in [5.74, 6) is 0.433. The zero-order valence-electron chi connectivity index (χ0n) is 11.4. The van der Waals surface area contributed by atoms with Crippen molar-refractivity contribution >= 4 is 27.7 Å². The average molecular weight is 310 g/mol. The highest BCUT2D eigenvalue weighted by atomic mass is 32.2. The number of rotatable bonds is 6. The number of hydrogen-bond donors (Lipinski definition) is 1. The number of aliphatic hydroxyl groups is 1. The molecule has 8 heteroatoms. The van der Waals surface area contributed by atoms with E-state index in [1.165, 1.54) is 22.3 Å². The topological polar surface area (TPSA) is 77.9 Å². The Morgan fingerprint density at radius 3 is 2.37 bits per heavy atom. The van der Waals surface area contributed by atoms with E-state index in [2.05, 4.69) is 0 Å². The van der Waals surface area contributed by atoms with E-state index in [4.69, 9.17) is 5.11 Å². The third kappa shape index (κ3) is 5.68. The van der Waals surface area contributed by atoms with Crippen LogP contribution in [0.25, 0.3) is 0 Å². The molecule has 0 aromatic carbocycles. The van der Waals surface area contributed by atoms with Crippen LogP contribution in [0.5, 0.6) is 0 Å². The third-order valence-corrected chi connectivity index (χ3v) is 5.61. The second kappa shape index (κ2) is 7.47. The molecule has 0 aromatic heterocycles. The SMILES string of the molecule is CC(CCO)SCC(=O)N1CCN(S(C)(=O)=O)CC1. The van der Waals surface area contributed by atoms with Crippen molar-refractivity contribution < 1.29 is 18.3 Å². The van der Waals surface area contributed by atoms with E-state index < -0.39 is 10.0 Å². The number of amides is 1. The van der Waals surface area contributed by atoms with Crippen LogP contribution in [0.1, 0.15) is 13.3 Å². The number of piperazine rings is 1. The van der Waals surface area contributed by atoms with Crippen LogP contribution in [0.15, 0.2) is 0 Å². The minimum atomic E-state index is -3.15. The first kappa shape index (κ1) is 16.7. The second-order valence-electron chi connectivity index (χ2n) is 4.68. The lowest BCUT2D eigenvalue weighted by atomic mass is 10.3. The van der Waals surface area contributed by atoms with Crippen LogP contribution in [-0.2, 0) is 14.8 Å². The fourth-order valence-corrected chi connectivity index (χ4v) is 3.55. The largest absolute Gasteiger partial charge is 0.396 e. The molecule has 1 unspecified atom stereocenters. The van der Waals surface area contributed by atoms with Crippen molar-refractivity contribution in [2.45, 2.75) is 18.6 Å². The molecule has 1 heterocycles. The highest BCUT2D eigenvalue weighted by molar-refractivity contribution is 8.00. The number of thioether (sulfide) groups is 1. The van der Waals surface area contributed by atoms with Gasteiger partial charge in [0.2, 0.25) is 15.9 Å². The molecule has 1 amide bonds. The summed E-state index contributed by atoms with van der Waals surface area (Å²) >= 11 is 1.53. The normalized spacial score (nSPS) is 19.4. The van der Waals surface area contributed by atoms with E-state index in [1.807, 2.05) is 6.92 Å². The summed E-state index contributed by atoms with van der Waals surface area (Å²) < 4.78 is 24.1. The van der Waals surface area contributed by atoms with Crippen LogP contribution in [0.2, 0.25) is 0 Å². The summed E-state index contributed by atoms with van der Waals surface area (Å²) in [7, 11) is -3.15. The summed E-state index contributed by atoms with van der Waals surface area (Å²) in [5.41, 5.74) is 0. The summed E-state index contributed by atoms with van der Waals surface area (Å²) in [6, 6.07) is 0. The Morgan fingerprint density at radius 2 is 1.89 bits per heavy atom. The van der Waals surface area contributed by atoms with E-state index in [-0.39, 0.29) is 17.8 Å². The molecule has 0 radical (unpaired) electrons. The zero-order valence-corrected chi connectivity index (χ0v) is 13.0. The van der Waals surface area contributed by atoms with Gasteiger partial charge in [0.25, 0.3) is 0 Å². The van der Waals surface area contributed by atoms with Gasteiger partial charge < -0.3 is 10.0 Å². The molecule has 1 saturated heterocycles. The van der Waals surface area contributed by atoms with E-state index >= 15 is 0 Å². The molecule has 112 valence electrons. The molecule has 6 nitrogen and oxygen atoms in total. The number of hydrogen-bond acceptors (Lipinski definition) is 5. The van der Waals surface area contributed by atoms with Gasteiger partial charge in [-0.3, -0.25) is 4.79 Å². The summed E-state index contributed by atoms with van der Waals surface area (Å²) in [5, 5.41) is 9.04. The predicted octanol–water partition coefficient (Wildman–Crippen LogP) is -0.406. The van der Waals surface area contributed by atoms with Crippen molar-refractivity contribution in [1.82, 2.24) is 9.21 Å². The van der Waals surface area contributed by atoms with E-state index in [0.717, 1.165) is 0 Å². The predicted molar refractivity (Wildman–Crippen MR) is 76.6 cm³/mol. The maximum Gasteiger partial charge on any atom is 0.232 e. The van der Waals surface area contributed by atoms with Gasteiger partial charge in [0, 0.05) is 38.0 Å². The van der Waals surface area contributed by atoms with Gasteiger partial charge in [0.1, 0.15) is 0 Å². The van der Waals surface area contributed by atoms with Crippen LogP contribution in [0, 0.1) is 0 Å². The van der Waals surface area contributed by atoms with Crippen molar-refractivity contribution in [3.05, 3.63) is 0 Å². The Morgan fingerprint density at radius 1 is 1.32 bits per heavy atom. The monoisotopic (exact) mass is 310 g/mol. The molecular formula is C11H22N2O4S2. The molecule has 0 aromatic rings. The quantitative estimate of drug-likeness (QED) is 0.722. The minimum absolute atomic E-state index is 0.0444. The molecule has 0 bridgehead atoms. The molecule has 1 aliphatic heterocycles. The zero-order chi connectivity index (χ0) is 14.5. The standard InChI is InChI=1S/C11H22N2O4S2/c1-10(3-8-14)18-9-11(15)12-4-6-13(7-5-12)19(2,16)17/h10,14H,3-9H2,1-2H3. The van der Waals surface area contributed by atoms with Crippen molar-refractivity contribution in [2.75, 3.05) is 44.8 Å². The Balaban J connectivity index is 2.33. The highest BCUT2D eigenvalue weighted by Crippen LogP contribution is 2.15. The Labute approximate surface area is 119 Å². The van der Waals surface area contributed by atoms with E-state index in [9.17, 15) is 13.2 Å². The lowest BCUT2D eigenvalue weighted by molar-refractivity contribution is -0.129. The second-order valence-corrected chi connectivity index (χ2v) is 8.09. The van der Waals surface area contributed by atoms with Gasteiger partial charge in [-0.1, -0.05) is 6.92 Å². The Kier molecular flexibility index (Phi) is 6.58. The lowest BCUT2D eigenvalue weighted by Gasteiger charge is -2.33. The first-order valence-corrected chi connectivity index (χ1v) is 9.19. The van der Waals surface area contributed by atoms with Crippen molar-refractivity contribution in [1.29, 1.82) is 0 Å². The van der Waals surface area contributed by atoms with Gasteiger partial charge in [0.05, 0.1) is 12.0 Å². The van der Waals surface area contributed by atoms with Gasteiger partial charge in [-0.2, -0.15) is 4.31 Å². The average Bonchev–Trinajstić information content (AvgIpc) is 2.35. The number of carbonyl (C=O) groups is 1. The number of carbonyl (C=O) groups excluding carboxylic acids is 1. The highest BCUT2D eigenvalue weighted by Gasteiger charge is 2.25. The van der Waals surface area contributed by atoms with Crippen LogP contribution >= 0.6 is 11.8 Å². The van der Waals surface area contributed by atoms with Gasteiger partial charge in [-0.25, -0.2) is 8.42 Å². The van der Waals surface area contributed by atoms with Crippen LogP contribution < -0.4 is 0 Å². The molecule has 1 N–H and O–H groups in total. The lowest BCUT2D eigenvalue weighted by Crippen LogP contribution is -2.50. The first-order chi connectivity index (χ1) is 8.84. The molecule has 0 aliphatic carbocycles. The van der Waals surface area contributed by atoms with Gasteiger partial charge in [0.15, 0.2) is 0 Å². The number of nitrogens with zero attached hydrogens (tertiary/aromatic N) is 2. The van der Waals surface area contributed by atoms with Gasteiger partial charge >= 0.3 is 0 Å². The fraction of sp³-hybridized carbons (Fsp3) is 0.909. The molecule has 1 aliphatic rings. The summed E-state index contributed by atoms with van der Waals surface area (Å²) in [6.07, 6.45) is 1.87. The maximum absolute atomic E-state index is 11.9. The Bertz CT molecular complexity index is 391. The molecule has 0 saturated carbocycles. The van der Waals surface area contributed by atoms with Gasteiger partial charge in [-0.15, -0.1) is 11.8 Å². The number of sulfonamides is 1. The molecular weight excluding hydrogens is 288 g/mol. The molecule has 1 atom stereocenters. The van der Waals surface area contributed by atoms with Crippen LogP contribution in [-0.4, -0.2) is 78.7 Å². The number of aliphatic hydroxyl groups excluding tert-OH is 1. The molecule has 0 spiro atoms.